The minimum absolute atomic E-state index is 0.0850. The average molecular weight is 243 g/mol. The Hall–Kier alpha value is -1.75. The van der Waals surface area contributed by atoms with E-state index < -0.39 is 12.0 Å². The maximum atomic E-state index is 11.2. The third-order valence-electron chi connectivity index (χ3n) is 1.81. The molecule has 0 saturated heterocycles. The van der Waals surface area contributed by atoms with Gasteiger partial charge in [-0.05, 0) is 19.1 Å². The summed E-state index contributed by atoms with van der Waals surface area (Å²) in [6.07, 6.45) is 0. The van der Waals surface area contributed by atoms with Crippen LogP contribution in [0.5, 0.6) is 0 Å². The number of nitrogens with one attached hydrogen (secondary N) is 2. The summed E-state index contributed by atoms with van der Waals surface area (Å²) in [7, 11) is 0. The van der Waals surface area contributed by atoms with Crippen molar-refractivity contribution in [2.75, 3.05) is 11.9 Å². The SMILES string of the molecule is CCNC(=O)Nc1cccc(Cl)c1C(=O)O. The molecule has 0 radical (unpaired) electrons. The summed E-state index contributed by atoms with van der Waals surface area (Å²) >= 11 is 5.73. The predicted molar refractivity (Wildman–Crippen MR) is 61.1 cm³/mol. The van der Waals surface area contributed by atoms with E-state index in [4.69, 9.17) is 16.7 Å². The Morgan fingerprint density at radius 2 is 2.12 bits per heavy atom. The summed E-state index contributed by atoms with van der Waals surface area (Å²) in [5.74, 6) is -1.18. The number of anilines is 1. The molecule has 1 rings (SSSR count). The van der Waals surface area contributed by atoms with Gasteiger partial charge >= 0.3 is 12.0 Å². The van der Waals surface area contributed by atoms with E-state index in [1.165, 1.54) is 12.1 Å². The first-order valence-electron chi connectivity index (χ1n) is 4.63. The summed E-state index contributed by atoms with van der Waals surface area (Å²) in [4.78, 5) is 22.2. The summed E-state index contributed by atoms with van der Waals surface area (Å²) < 4.78 is 0. The molecule has 0 aliphatic carbocycles. The van der Waals surface area contributed by atoms with Gasteiger partial charge in [0.1, 0.15) is 5.56 Å². The first kappa shape index (κ1) is 12.3. The smallest absolute Gasteiger partial charge is 0.339 e. The fourth-order valence-electron chi connectivity index (χ4n) is 1.17. The number of urea groups is 1. The van der Waals surface area contributed by atoms with Gasteiger partial charge in [0.15, 0.2) is 0 Å². The van der Waals surface area contributed by atoms with E-state index in [-0.39, 0.29) is 16.3 Å². The van der Waals surface area contributed by atoms with Crippen LogP contribution in [-0.4, -0.2) is 23.7 Å². The topological polar surface area (TPSA) is 78.4 Å². The molecule has 5 nitrogen and oxygen atoms in total. The van der Waals surface area contributed by atoms with Crippen LogP contribution < -0.4 is 10.6 Å². The number of aromatic carboxylic acids is 1. The van der Waals surface area contributed by atoms with E-state index in [1.807, 2.05) is 0 Å². The van der Waals surface area contributed by atoms with Gasteiger partial charge in [0.25, 0.3) is 0 Å². The molecule has 86 valence electrons. The lowest BCUT2D eigenvalue weighted by molar-refractivity contribution is 0.0698. The fourth-order valence-corrected chi connectivity index (χ4v) is 1.43. The lowest BCUT2D eigenvalue weighted by Crippen LogP contribution is -2.29. The van der Waals surface area contributed by atoms with Gasteiger partial charge < -0.3 is 15.7 Å². The second-order valence-electron chi connectivity index (χ2n) is 2.95. The third-order valence-corrected chi connectivity index (χ3v) is 2.13. The van der Waals surface area contributed by atoms with Gasteiger partial charge in [-0.3, -0.25) is 0 Å². The Morgan fingerprint density at radius 1 is 1.44 bits per heavy atom. The van der Waals surface area contributed by atoms with Crippen molar-refractivity contribution in [3.8, 4) is 0 Å². The van der Waals surface area contributed by atoms with Crippen LogP contribution in [0.25, 0.3) is 0 Å². The molecular weight excluding hydrogens is 232 g/mol. The number of carbonyl (C=O) groups is 2. The van der Waals surface area contributed by atoms with Crippen molar-refractivity contribution in [3.63, 3.8) is 0 Å². The van der Waals surface area contributed by atoms with E-state index in [9.17, 15) is 9.59 Å². The molecule has 1 aromatic carbocycles. The Morgan fingerprint density at radius 3 is 2.69 bits per heavy atom. The number of amides is 2. The number of rotatable bonds is 3. The van der Waals surface area contributed by atoms with Gasteiger partial charge in [-0.2, -0.15) is 0 Å². The molecule has 1 aromatic rings. The summed E-state index contributed by atoms with van der Waals surface area (Å²) in [5.41, 5.74) is 0.0568. The van der Waals surface area contributed by atoms with Crippen LogP contribution in [0.1, 0.15) is 17.3 Å². The van der Waals surface area contributed by atoms with E-state index in [1.54, 1.807) is 13.0 Å². The Balaban J connectivity index is 3.00. The van der Waals surface area contributed by atoms with E-state index in [2.05, 4.69) is 10.6 Å². The normalized spacial score (nSPS) is 9.62. The van der Waals surface area contributed by atoms with Crippen LogP contribution in [0.2, 0.25) is 5.02 Å². The standard InChI is InChI=1S/C10H11ClN2O3/c1-2-12-10(16)13-7-5-3-4-6(11)8(7)9(14)15/h3-5H,2H2,1H3,(H,14,15)(H2,12,13,16). The van der Waals surface area contributed by atoms with Crippen molar-refractivity contribution < 1.29 is 14.7 Å². The number of carbonyl (C=O) groups excluding carboxylic acids is 1. The second kappa shape index (κ2) is 5.37. The van der Waals surface area contributed by atoms with Gasteiger partial charge in [-0.25, -0.2) is 9.59 Å². The van der Waals surface area contributed by atoms with Gasteiger partial charge in [-0.1, -0.05) is 17.7 Å². The van der Waals surface area contributed by atoms with Crippen molar-refractivity contribution in [3.05, 3.63) is 28.8 Å². The summed E-state index contributed by atoms with van der Waals surface area (Å²) in [6.45, 7) is 2.21. The molecule has 16 heavy (non-hydrogen) atoms. The Bertz CT molecular complexity index is 421. The van der Waals surface area contributed by atoms with Crippen LogP contribution in [0, 0.1) is 0 Å². The second-order valence-corrected chi connectivity index (χ2v) is 3.36. The highest BCUT2D eigenvalue weighted by atomic mass is 35.5. The van der Waals surface area contributed by atoms with Crippen molar-refractivity contribution in [1.29, 1.82) is 0 Å². The number of halogens is 1. The van der Waals surface area contributed by atoms with Crippen LogP contribution in [-0.2, 0) is 0 Å². The number of carboxylic acid groups (broad SMARTS) is 1. The zero-order valence-corrected chi connectivity index (χ0v) is 9.34. The maximum absolute atomic E-state index is 11.2. The molecule has 0 aliphatic heterocycles. The first-order chi connectivity index (χ1) is 7.56. The molecular formula is C10H11ClN2O3. The van der Waals surface area contributed by atoms with Crippen LogP contribution in [0.3, 0.4) is 0 Å². The van der Waals surface area contributed by atoms with Gasteiger partial charge in [0, 0.05) is 6.54 Å². The highest BCUT2D eigenvalue weighted by Gasteiger charge is 2.15. The highest BCUT2D eigenvalue weighted by Crippen LogP contribution is 2.24. The quantitative estimate of drug-likeness (QED) is 0.760. The zero-order valence-electron chi connectivity index (χ0n) is 8.58. The fraction of sp³-hybridized carbons (Fsp3) is 0.200. The van der Waals surface area contributed by atoms with Crippen LogP contribution in [0.15, 0.2) is 18.2 Å². The van der Waals surface area contributed by atoms with Crippen molar-refractivity contribution in [2.45, 2.75) is 6.92 Å². The molecule has 3 N–H and O–H groups in total. The molecule has 0 spiro atoms. The van der Waals surface area contributed by atoms with E-state index in [0.717, 1.165) is 0 Å². The molecule has 0 saturated carbocycles. The molecule has 0 atom stereocenters. The van der Waals surface area contributed by atoms with Crippen LogP contribution in [0.4, 0.5) is 10.5 Å². The Kier molecular flexibility index (Phi) is 4.13. The number of hydrogen-bond acceptors (Lipinski definition) is 2. The van der Waals surface area contributed by atoms with Gasteiger partial charge in [0.05, 0.1) is 10.7 Å². The summed E-state index contributed by atoms with van der Waals surface area (Å²) in [6, 6.07) is 4.03. The maximum Gasteiger partial charge on any atom is 0.339 e. The molecule has 2 amide bonds. The molecule has 0 aromatic heterocycles. The van der Waals surface area contributed by atoms with Crippen molar-refractivity contribution in [1.82, 2.24) is 5.32 Å². The highest BCUT2D eigenvalue weighted by molar-refractivity contribution is 6.34. The largest absolute Gasteiger partial charge is 0.478 e. The predicted octanol–water partition coefficient (Wildman–Crippen LogP) is 2.18. The third kappa shape index (κ3) is 2.87. The van der Waals surface area contributed by atoms with Crippen molar-refractivity contribution in [2.24, 2.45) is 0 Å². The van der Waals surface area contributed by atoms with E-state index >= 15 is 0 Å². The van der Waals surface area contributed by atoms with Crippen molar-refractivity contribution >= 4 is 29.3 Å². The van der Waals surface area contributed by atoms with Gasteiger partial charge in [0.2, 0.25) is 0 Å². The van der Waals surface area contributed by atoms with Crippen LogP contribution >= 0.6 is 11.6 Å². The minimum Gasteiger partial charge on any atom is -0.478 e. The Labute approximate surface area is 97.4 Å². The molecule has 0 aliphatic rings. The molecule has 0 fully saturated rings. The first-order valence-corrected chi connectivity index (χ1v) is 5.00. The molecule has 0 heterocycles. The molecule has 0 bridgehead atoms. The number of hydrogen-bond donors (Lipinski definition) is 3. The van der Waals surface area contributed by atoms with E-state index in [0.29, 0.717) is 6.54 Å². The molecule has 0 unspecified atom stereocenters. The lowest BCUT2D eigenvalue weighted by Gasteiger charge is -2.09. The number of benzene rings is 1. The molecule has 6 heteroatoms. The number of carboxylic acids is 1. The zero-order chi connectivity index (χ0) is 12.1. The summed E-state index contributed by atoms with van der Waals surface area (Å²) in [5, 5.41) is 13.9. The average Bonchev–Trinajstić information content (AvgIpc) is 2.17. The lowest BCUT2D eigenvalue weighted by atomic mass is 10.2. The minimum atomic E-state index is -1.18. The van der Waals surface area contributed by atoms with Gasteiger partial charge in [-0.15, -0.1) is 0 Å². The monoisotopic (exact) mass is 242 g/mol.